The predicted octanol–water partition coefficient (Wildman–Crippen LogP) is 7.39. The fourth-order valence-corrected chi connectivity index (χ4v) is 3.35. The van der Waals surface area contributed by atoms with Crippen LogP contribution in [-0.2, 0) is 0 Å². The highest BCUT2D eigenvalue weighted by molar-refractivity contribution is 5.84. The summed E-state index contributed by atoms with van der Waals surface area (Å²) in [6.45, 7) is 2.41. The summed E-state index contributed by atoms with van der Waals surface area (Å²) >= 11 is 0. The molecule has 33 heavy (non-hydrogen) atoms. The van der Waals surface area contributed by atoms with Gasteiger partial charge in [-0.05, 0) is 59.8 Å². The lowest BCUT2D eigenvalue weighted by Crippen LogP contribution is -1.96. The summed E-state index contributed by atoms with van der Waals surface area (Å²) in [4.78, 5) is 0. The van der Waals surface area contributed by atoms with Crippen molar-refractivity contribution in [3.05, 3.63) is 101 Å². The Morgan fingerprint density at radius 3 is 2.27 bits per heavy atom. The quantitative estimate of drug-likeness (QED) is 0.178. The Labute approximate surface area is 187 Å². The van der Waals surface area contributed by atoms with Gasteiger partial charge >= 0.3 is 0 Å². The number of benzene rings is 4. The van der Waals surface area contributed by atoms with E-state index in [1.165, 1.54) is 42.5 Å². The normalized spacial score (nSPS) is 10.7. The Bertz CT molecular complexity index is 1420. The molecule has 0 aliphatic rings. The van der Waals surface area contributed by atoms with Gasteiger partial charge in [-0.2, -0.15) is 0 Å². The highest BCUT2D eigenvalue weighted by atomic mass is 19.2. The SMILES string of the molecule is CCCOc1ccc(-c2ccc(C#Cc3ccc4c(F)c(F)c(F)cc4c3)c(F)c2)c(F)c1. The zero-order chi connectivity index (χ0) is 23.5. The van der Waals surface area contributed by atoms with Gasteiger partial charge in [-0.3, -0.25) is 0 Å². The molecule has 0 unspecified atom stereocenters. The molecule has 0 aliphatic heterocycles. The summed E-state index contributed by atoms with van der Waals surface area (Å²) in [5.74, 6) is 0.491. The minimum absolute atomic E-state index is 0.0682. The van der Waals surface area contributed by atoms with E-state index < -0.39 is 29.1 Å². The van der Waals surface area contributed by atoms with Crippen molar-refractivity contribution in [3.63, 3.8) is 0 Å². The van der Waals surface area contributed by atoms with Crippen LogP contribution in [0.4, 0.5) is 22.0 Å². The third kappa shape index (κ3) is 4.68. The first kappa shape index (κ1) is 22.3. The molecular formula is C27H17F5O. The fourth-order valence-electron chi connectivity index (χ4n) is 3.35. The third-order valence-electron chi connectivity index (χ3n) is 5.01. The lowest BCUT2D eigenvalue weighted by atomic mass is 10.0. The zero-order valence-corrected chi connectivity index (χ0v) is 17.5. The third-order valence-corrected chi connectivity index (χ3v) is 5.01. The minimum Gasteiger partial charge on any atom is -0.494 e. The number of rotatable bonds is 4. The Morgan fingerprint density at radius 1 is 0.727 bits per heavy atom. The van der Waals surface area contributed by atoms with Crippen LogP contribution in [0.5, 0.6) is 5.75 Å². The summed E-state index contributed by atoms with van der Waals surface area (Å²) in [5, 5.41) is 0.0546. The number of ether oxygens (including phenoxy) is 1. The van der Waals surface area contributed by atoms with Gasteiger partial charge in [0.2, 0.25) is 0 Å². The van der Waals surface area contributed by atoms with Crippen LogP contribution in [0.2, 0.25) is 0 Å². The van der Waals surface area contributed by atoms with Gasteiger partial charge in [0, 0.05) is 22.6 Å². The van der Waals surface area contributed by atoms with E-state index in [9.17, 15) is 22.0 Å². The predicted molar refractivity (Wildman–Crippen MR) is 117 cm³/mol. The molecule has 0 saturated heterocycles. The van der Waals surface area contributed by atoms with E-state index in [-0.39, 0.29) is 21.9 Å². The lowest BCUT2D eigenvalue weighted by molar-refractivity contribution is 0.316. The van der Waals surface area contributed by atoms with E-state index in [1.807, 2.05) is 6.92 Å². The van der Waals surface area contributed by atoms with Gasteiger partial charge in [-0.1, -0.05) is 30.9 Å². The van der Waals surface area contributed by atoms with Gasteiger partial charge in [-0.15, -0.1) is 0 Å². The summed E-state index contributed by atoms with van der Waals surface area (Å²) in [7, 11) is 0. The highest BCUT2D eigenvalue weighted by Gasteiger charge is 2.13. The molecule has 0 amide bonds. The summed E-state index contributed by atoms with van der Waals surface area (Å²) in [6, 6.07) is 13.5. The summed E-state index contributed by atoms with van der Waals surface area (Å²) in [6.07, 6.45) is 0.794. The molecule has 4 aromatic rings. The Hall–Kier alpha value is -3.85. The second-order valence-corrected chi connectivity index (χ2v) is 7.36. The maximum atomic E-state index is 14.6. The highest BCUT2D eigenvalue weighted by Crippen LogP contribution is 2.28. The van der Waals surface area contributed by atoms with Crippen molar-refractivity contribution in [2.24, 2.45) is 0 Å². The standard InChI is InChI=1S/C27H17F5O/c1-2-11-33-20-8-10-21(24(29)15-20)18-7-6-17(23(28)13-18)5-3-16-4-9-22-19(12-16)14-25(30)27(32)26(22)31/h4,6-10,12-15H,2,11H2,1H3. The smallest absolute Gasteiger partial charge is 0.195 e. The van der Waals surface area contributed by atoms with Gasteiger partial charge < -0.3 is 4.74 Å². The second kappa shape index (κ2) is 9.33. The molecule has 0 spiro atoms. The molecule has 0 N–H and O–H groups in total. The van der Waals surface area contributed by atoms with Crippen molar-refractivity contribution in [1.29, 1.82) is 0 Å². The molecular weight excluding hydrogens is 435 g/mol. The second-order valence-electron chi connectivity index (χ2n) is 7.36. The Kier molecular flexibility index (Phi) is 6.32. The molecule has 0 fully saturated rings. The fraction of sp³-hybridized carbons (Fsp3) is 0.111. The topological polar surface area (TPSA) is 9.23 Å². The molecule has 0 bridgehead atoms. The van der Waals surface area contributed by atoms with E-state index in [1.54, 1.807) is 12.1 Å². The molecule has 0 aromatic heterocycles. The van der Waals surface area contributed by atoms with Gasteiger partial charge in [0.25, 0.3) is 0 Å². The number of hydrogen-bond acceptors (Lipinski definition) is 1. The van der Waals surface area contributed by atoms with Crippen LogP contribution in [0.25, 0.3) is 21.9 Å². The Balaban J connectivity index is 1.61. The molecule has 0 atom stereocenters. The maximum absolute atomic E-state index is 14.6. The van der Waals surface area contributed by atoms with E-state index in [2.05, 4.69) is 11.8 Å². The number of fused-ring (bicyclic) bond motifs is 1. The van der Waals surface area contributed by atoms with Crippen LogP contribution in [0.3, 0.4) is 0 Å². The van der Waals surface area contributed by atoms with Crippen LogP contribution in [0, 0.1) is 40.9 Å². The average Bonchev–Trinajstić information content (AvgIpc) is 2.80. The first-order valence-electron chi connectivity index (χ1n) is 10.2. The molecule has 0 heterocycles. The van der Waals surface area contributed by atoms with Crippen molar-refractivity contribution in [2.75, 3.05) is 6.61 Å². The van der Waals surface area contributed by atoms with Crippen molar-refractivity contribution < 1.29 is 26.7 Å². The zero-order valence-electron chi connectivity index (χ0n) is 17.5. The monoisotopic (exact) mass is 452 g/mol. The molecule has 0 aliphatic carbocycles. The van der Waals surface area contributed by atoms with Crippen LogP contribution >= 0.6 is 0 Å². The van der Waals surface area contributed by atoms with Gasteiger partial charge in [-0.25, -0.2) is 22.0 Å². The molecule has 4 rings (SSSR count). The van der Waals surface area contributed by atoms with Crippen LogP contribution in [0.15, 0.2) is 60.7 Å². The Morgan fingerprint density at radius 2 is 1.55 bits per heavy atom. The first-order valence-corrected chi connectivity index (χ1v) is 10.2. The van der Waals surface area contributed by atoms with E-state index in [4.69, 9.17) is 4.74 Å². The molecule has 0 saturated carbocycles. The minimum atomic E-state index is -1.54. The summed E-state index contributed by atoms with van der Waals surface area (Å²) < 4.78 is 75.2. The van der Waals surface area contributed by atoms with Crippen LogP contribution in [-0.4, -0.2) is 6.61 Å². The number of hydrogen-bond donors (Lipinski definition) is 0. The molecule has 4 aromatic carbocycles. The van der Waals surface area contributed by atoms with Crippen molar-refractivity contribution in [3.8, 4) is 28.7 Å². The van der Waals surface area contributed by atoms with Gasteiger partial charge in [0.1, 0.15) is 17.4 Å². The van der Waals surface area contributed by atoms with E-state index >= 15 is 0 Å². The lowest BCUT2D eigenvalue weighted by Gasteiger charge is -2.08. The largest absolute Gasteiger partial charge is 0.494 e. The number of halogens is 5. The maximum Gasteiger partial charge on any atom is 0.195 e. The molecule has 6 heteroatoms. The summed E-state index contributed by atoms with van der Waals surface area (Å²) in [5.41, 5.74) is 1.00. The van der Waals surface area contributed by atoms with Gasteiger partial charge in [0.05, 0.1) is 12.2 Å². The molecule has 1 nitrogen and oxygen atoms in total. The van der Waals surface area contributed by atoms with Crippen LogP contribution < -0.4 is 4.74 Å². The first-order chi connectivity index (χ1) is 15.9. The molecule has 0 radical (unpaired) electrons. The van der Waals surface area contributed by atoms with Crippen molar-refractivity contribution in [1.82, 2.24) is 0 Å². The van der Waals surface area contributed by atoms with Crippen molar-refractivity contribution >= 4 is 10.8 Å². The average molecular weight is 452 g/mol. The van der Waals surface area contributed by atoms with Crippen molar-refractivity contribution in [2.45, 2.75) is 13.3 Å². The van der Waals surface area contributed by atoms with E-state index in [0.29, 0.717) is 23.5 Å². The van der Waals surface area contributed by atoms with Gasteiger partial charge in [0.15, 0.2) is 17.5 Å². The van der Waals surface area contributed by atoms with Crippen LogP contribution in [0.1, 0.15) is 24.5 Å². The molecule has 166 valence electrons. The van der Waals surface area contributed by atoms with E-state index in [0.717, 1.165) is 12.5 Å².